The maximum atomic E-state index is 12.9. The van der Waals surface area contributed by atoms with E-state index >= 15 is 0 Å². The second-order valence-corrected chi connectivity index (χ2v) is 4.22. The molecule has 1 fully saturated rings. The Balaban J connectivity index is 2.11. The Morgan fingerprint density at radius 1 is 1.47 bits per heavy atom. The molecule has 0 unspecified atom stereocenters. The molecule has 0 atom stereocenters. The minimum absolute atomic E-state index is 0.0448. The van der Waals surface area contributed by atoms with Gasteiger partial charge in [-0.2, -0.15) is 5.10 Å². The minimum Gasteiger partial charge on any atom is -0.396 e. The van der Waals surface area contributed by atoms with Crippen molar-refractivity contribution >= 4 is 5.69 Å². The predicted molar refractivity (Wildman–Crippen MR) is 53.8 cm³/mol. The molecule has 0 bridgehead atoms. The Hall–Kier alpha value is -1.13. The normalized spacial score (nSPS) is 21.8. The molecule has 1 aromatic rings. The Kier molecular flexibility index (Phi) is 2.40. The van der Waals surface area contributed by atoms with Crippen molar-refractivity contribution in [2.24, 2.45) is 0 Å². The van der Waals surface area contributed by atoms with E-state index in [0.29, 0.717) is 18.5 Å². The number of nitrogen functional groups attached to an aromatic ring is 1. The highest BCUT2D eigenvalue weighted by Gasteiger charge is 2.36. The van der Waals surface area contributed by atoms with E-state index in [1.165, 1.54) is 0 Å². The topological polar surface area (TPSA) is 43.8 Å². The largest absolute Gasteiger partial charge is 0.396 e. The van der Waals surface area contributed by atoms with Crippen molar-refractivity contribution < 1.29 is 8.78 Å². The van der Waals surface area contributed by atoms with Crippen LogP contribution in [0.1, 0.15) is 37.4 Å². The summed E-state index contributed by atoms with van der Waals surface area (Å²) in [6, 6.07) is 0.0851. The molecular formula is C10H15F2N3. The van der Waals surface area contributed by atoms with E-state index in [1.54, 1.807) is 10.9 Å². The van der Waals surface area contributed by atoms with Gasteiger partial charge < -0.3 is 5.73 Å². The molecule has 0 saturated heterocycles. The summed E-state index contributed by atoms with van der Waals surface area (Å²) in [6.45, 7) is 1.87. The van der Waals surface area contributed by atoms with E-state index in [0.717, 1.165) is 5.69 Å². The van der Waals surface area contributed by atoms with Crippen LogP contribution in [0.2, 0.25) is 0 Å². The van der Waals surface area contributed by atoms with Crippen molar-refractivity contribution in [2.45, 2.75) is 44.6 Å². The van der Waals surface area contributed by atoms with Crippen LogP contribution < -0.4 is 5.73 Å². The second-order valence-electron chi connectivity index (χ2n) is 4.22. The fourth-order valence-corrected chi connectivity index (χ4v) is 2.07. The van der Waals surface area contributed by atoms with Gasteiger partial charge >= 0.3 is 0 Å². The molecule has 15 heavy (non-hydrogen) atoms. The van der Waals surface area contributed by atoms with E-state index in [-0.39, 0.29) is 18.9 Å². The molecule has 1 aromatic heterocycles. The summed E-state index contributed by atoms with van der Waals surface area (Å²) in [5.74, 6) is -2.48. The zero-order valence-electron chi connectivity index (χ0n) is 8.71. The van der Waals surface area contributed by atoms with Crippen LogP contribution in [-0.2, 0) is 0 Å². The molecule has 2 N–H and O–H groups in total. The monoisotopic (exact) mass is 215 g/mol. The van der Waals surface area contributed by atoms with Gasteiger partial charge in [-0.05, 0) is 19.8 Å². The lowest BCUT2D eigenvalue weighted by atomic mass is 9.92. The van der Waals surface area contributed by atoms with Crippen LogP contribution in [0.25, 0.3) is 0 Å². The summed E-state index contributed by atoms with van der Waals surface area (Å²) < 4.78 is 27.7. The molecule has 3 nitrogen and oxygen atoms in total. The number of nitrogens with two attached hydrogens (primary N) is 1. The zero-order chi connectivity index (χ0) is 11.1. The molecule has 1 saturated carbocycles. The van der Waals surface area contributed by atoms with Gasteiger partial charge in [0.2, 0.25) is 5.92 Å². The SMILES string of the molecule is Cc1c(N)cnn1C1CCC(F)(F)CC1. The first-order chi connectivity index (χ1) is 6.99. The van der Waals surface area contributed by atoms with Crippen LogP contribution in [0.3, 0.4) is 0 Å². The first-order valence-corrected chi connectivity index (χ1v) is 5.17. The fraction of sp³-hybridized carbons (Fsp3) is 0.700. The van der Waals surface area contributed by atoms with Crippen LogP contribution in [0, 0.1) is 6.92 Å². The van der Waals surface area contributed by atoms with Crippen molar-refractivity contribution in [3.8, 4) is 0 Å². The molecule has 1 aliphatic carbocycles. The van der Waals surface area contributed by atoms with Gasteiger partial charge in [-0.15, -0.1) is 0 Å². The third-order valence-electron chi connectivity index (χ3n) is 3.12. The smallest absolute Gasteiger partial charge is 0.248 e. The lowest BCUT2D eigenvalue weighted by Crippen LogP contribution is -2.27. The van der Waals surface area contributed by atoms with Crippen LogP contribution in [0.15, 0.2) is 6.20 Å². The van der Waals surface area contributed by atoms with E-state index in [9.17, 15) is 8.78 Å². The van der Waals surface area contributed by atoms with E-state index in [1.807, 2.05) is 6.92 Å². The number of hydrogen-bond acceptors (Lipinski definition) is 2. The van der Waals surface area contributed by atoms with Crippen LogP contribution in [-0.4, -0.2) is 15.7 Å². The van der Waals surface area contributed by atoms with Gasteiger partial charge in [0, 0.05) is 12.8 Å². The van der Waals surface area contributed by atoms with Gasteiger partial charge in [0.15, 0.2) is 0 Å². The summed E-state index contributed by atoms with van der Waals surface area (Å²) in [4.78, 5) is 0. The summed E-state index contributed by atoms with van der Waals surface area (Å²) in [7, 11) is 0. The number of anilines is 1. The number of nitrogens with zero attached hydrogens (tertiary/aromatic N) is 2. The average molecular weight is 215 g/mol. The molecule has 0 aliphatic heterocycles. The number of alkyl halides is 2. The van der Waals surface area contributed by atoms with Crippen molar-refractivity contribution in [3.63, 3.8) is 0 Å². The first kappa shape index (κ1) is 10.4. The molecule has 1 heterocycles. The Morgan fingerprint density at radius 2 is 2.07 bits per heavy atom. The minimum atomic E-state index is -2.48. The predicted octanol–water partition coefficient (Wildman–Crippen LogP) is 2.52. The van der Waals surface area contributed by atoms with Crippen molar-refractivity contribution in [3.05, 3.63) is 11.9 Å². The zero-order valence-corrected chi connectivity index (χ0v) is 8.71. The van der Waals surface area contributed by atoms with Crippen molar-refractivity contribution in [2.75, 3.05) is 5.73 Å². The van der Waals surface area contributed by atoms with Gasteiger partial charge in [-0.3, -0.25) is 4.68 Å². The fourth-order valence-electron chi connectivity index (χ4n) is 2.07. The second kappa shape index (κ2) is 3.47. The van der Waals surface area contributed by atoms with E-state index in [4.69, 9.17) is 5.73 Å². The molecule has 0 aromatic carbocycles. The van der Waals surface area contributed by atoms with Crippen LogP contribution >= 0.6 is 0 Å². The van der Waals surface area contributed by atoms with Gasteiger partial charge in [0.1, 0.15) is 0 Å². The summed E-state index contributed by atoms with van der Waals surface area (Å²) >= 11 is 0. The lowest BCUT2D eigenvalue weighted by molar-refractivity contribution is -0.0451. The standard InChI is InChI=1S/C10H15F2N3/c1-7-9(13)6-14-15(7)8-2-4-10(11,12)5-3-8/h6,8H,2-5,13H2,1H3. The van der Waals surface area contributed by atoms with E-state index in [2.05, 4.69) is 5.10 Å². The van der Waals surface area contributed by atoms with Gasteiger partial charge in [0.25, 0.3) is 0 Å². The molecule has 2 rings (SSSR count). The van der Waals surface area contributed by atoms with E-state index < -0.39 is 5.92 Å². The summed E-state index contributed by atoms with van der Waals surface area (Å²) in [5, 5.41) is 4.13. The molecule has 0 amide bonds. The molecule has 1 aliphatic rings. The van der Waals surface area contributed by atoms with Gasteiger partial charge in [0.05, 0.1) is 23.6 Å². The Bertz CT molecular complexity index is 350. The third kappa shape index (κ3) is 1.96. The molecule has 84 valence electrons. The van der Waals surface area contributed by atoms with Crippen LogP contribution in [0.5, 0.6) is 0 Å². The summed E-state index contributed by atoms with van der Waals surface area (Å²) in [5.41, 5.74) is 7.18. The number of halogens is 2. The first-order valence-electron chi connectivity index (χ1n) is 5.17. The molecule has 5 heteroatoms. The Morgan fingerprint density at radius 3 is 2.53 bits per heavy atom. The van der Waals surface area contributed by atoms with Crippen molar-refractivity contribution in [1.82, 2.24) is 9.78 Å². The quantitative estimate of drug-likeness (QED) is 0.782. The van der Waals surface area contributed by atoms with Gasteiger partial charge in [-0.1, -0.05) is 0 Å². The average Bonchev–Trinajstić information content (AvgIpc) is 2.49. The highest BCUT2D eigenvalue weighted by molar-refractivity contribution is 5.39. The number of rotatable bonds is 1. The molecular weight excluding hydrogens is 200 g/mol. The highest BCUT2D eigenvalue weighted by atomic mass is 19.3. The summed E-state index contributed by atoms with van der Waals surface area (Å²) in [6.07, 6.45) is 2.46. The van der Waals surface area contributed by atoms with Crippen LogP contribution in [0.4, 0.5) is 14.5 Å². The third-order valence-corrected chi connectivity index (χ3v) is 3.12. The number of aromatic nitrogens is 2. The van der Waals surface area contributed by atoms with Gasteiger partial charge in [-0.25, -0.2) is 8.78 Å². The lowest BCUT2D eigenvalue weighted by Gasteiger charge is -2.29. The highest BCUT2D eigenvalue weighted by Crippen LogP contribution is 2.38. The Labute approximate surface area is 87.3 Å². The van der Waals surface area contributed by atoms with Crippen molar-refractivity contribution in [1.29, 1.82) is 0 Å². The molecule has 0 spiro atoms. The number of hydrogen-bond donors (Lipinski definition) is 1. The maximum absolute atomic E-state index is 12.9. The molecule has 0 radical (unpaired) electrons. The maximum Gasteiger partial charge on any atom is 0.248 e.